The van der Waals surface area contributed by atoms with Crippen LogP contribution in [0.25, 0.3) is 49.7 Å². The molecular formula is C11H2N8. The first-order valence-electron chi connectivity index (χ1n) is 5.72. The summed E-state index contributed by atoms with van der Waals surface area (Å²) >= 11 is 0. The van der Waals surface area contributed by atoms with Crippen molar-refractivity contribution in [1.29, 1.82) is 0 Å². The summed E-state index contributed by atoms with van der Waals surface area (Å²) in [6.07, 6.45) is 0. The lowest BCUT2D eigenvalue weighted by Crippen LogP contribution is -2.10. The Morgan fingerprint density at radius 3 is 2.37 bits per heavy atom. The molecule has 8 nitrogen and oxygen atoms in total. The van der Waals surface area contributed by atoms with Crippen LogP contribution >= 0.6 is 0 Å². The lowest BCUT2D eigenvalue weighted by molar-refractivity contribution is 0.738. The van der Waals surface area contributed by atoms with Crippen molar-refractivity contribution >= 4 is 49.7 Å². The zero-order valence-electron chi connectivity index (χ0n) is 9.23. The molecule has 0 aliphatic carbocycles. The summed E-state index contributed by atoms with van der Waals surface area (Å²) in [6, 6.07) is 3.89. The molecule has 0 amide bonds. The van der Waals surface area contributed by atoms with E-state index in [2.05, 4.69) is 35.7 Å². The maximum atomic E-state index is 4.50. The normalized spacial score (nSPS) is 13.3. The minimum Gasteiger partial charge on any atom is -0.207 e. The maximum absolute atomic E-state index is 4.50. The van der Waals surface area contributed by atoms with E-state index in [4.69, 9.17) is 0 Å². The molecule has 86 valence electrons. The molecule has 0 unspecified atom stereocenters. The maximum Gasteiger partial charge on any atom is 0.274 e. The van der Waals surface area contributed by atoms with Crippen molar-refractivity contribution in [2.24, 2.45) is 0 Å². The summed E-state index contributed by atoms with van der Waals surface area (Å²) in [6.45, 7) is 0. The first-order chi connectivity index (χ1) is 9.42. The number of nitrogens with zero attached hydrogens (tertiary/aromatic N) is 8. The summed E-state index contributed by atoms with van der Waals surface area (Å²) in [5, 5.41) is 26.4. The Hall–Kier alpha value is -3.03. The molecule has 4 heterocycles. The van der Waals surface area contributed by atoms with Crippen molar-refractivity contribution in [3.8, 4) is 0 Å². The molecule has 0 spiro atoms. The van der Waals surface area contributed by atoms with Gasteiger partial charge in [-0.25, -0.2) is 4.98 Å². The van der Waals surface area contributed by atoms with Crippen LogP contribution in [0.1, 0.15) is 0 Å². The third-order valence-electron chi connectivity index (χ3n) is 3.67. The first kappa shape index (κ1) is 8.14. The number of hydrogen-bond donors (Lipinski definition) is 0. The zero-order valence-corrected chi connectivity index (χ0v) is 9.23. The van der Waals surface area contributed by atoms with E-state index in [1.165, 1.54) is 0 Å². The van der Waals surface area contributed by atoms with Gasteiger partial charge in [-0.3, -0.25) is 0 Å². The fourth-order valence-corrected chi connectivity index (χ4v) is 2.79. The van der Waals surface area contributed by atoms with E-state index in [1.54, 1.807) is 4.52 Å². The largest absolute Gasteiger partial charge is 0.274 e. The van der Waals surface area contributed by atoms with Gasteiger partial charge in [-0.1, -0.05) is 10.3 Å². The van der Waals surface area contributed by atoms with Gasteiger partial charge in [0.25, 0.3) is 5.78 Å². The van der Waals surface area contributed by atoms with Gasteiger partial charge in [-0.15, -0.1) is 20.4 Å². The van der Waals surface area contributed by atoms with Gasteiger partial charge < -0.3 is 0 Å². The van der Waals surface area contributed by atoms with Gasteiger partial charge in [0.05, 0.1) is 11.0 Å². The number of rotatable bonds is 0. The van der Waals surface area contributed by atoms with Crippen LogP contribution in [0.3, 0.4) is 0 Å². The lowest BCUT2D eigenvalue weighted by atomic mass is 10.0. The highest BCUT2D eigenvalue weighted by molar-refractivity contribution is 6.30. The minimum absolute atomic E-state index is 0.590. The Morgan fingerprint density at radius 1 is 0.737 bits per heavy atom. The molecule has 0 fully saturated rings. The zero-order chi connectivity index (χ0) is 12.1. The average molecular weight is 246 g/mol. The molecule has 8 heteroatoms. The van der Waals surface area contributed by atoms with Gasteiger partial charge in [0, 0.05) is 10.8 Å². The van der Waals surface area contributed by atoms with Crippen molar-refractivity contribution in [3.05, 3.63) is 12.1 Å². The van der Waals surface area contributed by atoms with Gasteiger partial charge >= 0.3 is 0 Å². The second kappa shape index (κ2) is 2.26. The highest BCUT2D eigenvalue weighted by atomic mass is 15.5. The molecule has 0 bridgehead atoms. The lowest BCUT2D eigenvalue weighted by Gasteiger charge is -2.11. The van der Waals surface area contributed by atoms with Crippen LogP contribution in [0.15, 0.2) is 12.1 Å². The molecule has 0 aliphatic heterocycles. The topological polar surface area (TPSA) is 94.6 Å². The van der Waals surface area contributed by atoms with Crippen LogP contribution in [0.5, 0.6) is 0 Å². The quantitative estimate of drug-likeness (QED) is 0.388. The second-order valence-corrected chi connectivity index (χ2v) is 4.56. The van der Waals surface area contributed by atoms with Crippen LogP contribution in [0.2, 0.25) is 0 Å². The first-order valence-corrected chi connectivity index (χ1v) is 5.72. The molecule has 2 aromatic carbocycles. The number of benzene rings is 2. The molecule has 0 radical (unpaired) electrons. The molecule has 0 saturated carbocycles. The molecule has 0 aliphatic rings. The molecule has 0 saturated heterocycles. The Bertz CT molecular complexity index is 1210. The Kier molecular flexibility index (Phi) is 0.967. The van der Waals surface area contributed by atoms with Gasteiger partial charge in [-0.2, -0.15) is 4.52 Å². The molecule has 4 aromatic heterocycles. The van der Waals surface area contributed by atoms with Crippen LogP contribution in [0.4, 0.5) is 0 Å². The standard InChI is InChI=1S/C11H2N8/c1-2-4-6-5-3(1)13-14-8(5)10-9(15-16-10)7(6)12-11-17-18-19(4)11/h1-2H. The summed E-state index contributed by atoms with van der Waals surface area (Å²) in [5.41, 5.74) is 4.94. The molecule has 0 N–H and O–H groups in total. The van der Waals surface area contributed by atoms with Gasteiger partial charge in [0.2, 0.25) is 0 Å². The molecular weight excluding hydrogens is 244 g/mol. The van der Waals surface area contributed by atoms with Gasteiger partial charge in [0.1, 0.15) is 22.1 Å². The predicted octanol–water partition coefficient (Wildman–Crippen LogP) is 0.630. The summed E-state index contributed by atoms with van der Waals surface area (Å²) < 4.78 is 1.72. The second-order valence-electron chi connectivity index (χ2n) is 4.56. The SMILES string of the molecule is c1cc2c3c(nc4nnn42)c2nnc2c2nnc1c23. The number of aromatic nitrogens is 8. The van der Waals surface area contributed by atoms with Crippen molar-refractivity contribution in [2.45, 2.75) is 0 Å². The highest BCUT2D eigenvalue weighted by Crippen LogP contribution is 2.37. The molecule has 6 rings (SSSR count). The smallest absolute Gasteiger partial charge is 0.207 e. The molecule has 0 atom stereocenters. The summed E-state index contributed by atoms with van der Waals surface area (Å²) in [4.78, 5) is 4.50. The third-order valence-corrected chi connectivity index (χ3v) is 3.67. The number of fused-ring (bicyclic) bond motifs is 5. The van der Waals surface area contributed by atoms with Crippen molar-refractivity contribution in [2.75, 3.05) is 0 Å². The monoisotopic (exact) mass is 246 g/mol. The van der Waals surface area contributed by atoms with E-state index in [0.29, 0.717) is 5.78 Å². The Balaban J connectivity index is 2.18. The van der Waals surface area contributed by atoms with Crippen molar-refractivity contribution in [3.63, 3.8) is 0 Å². The average Bonchev–Trinajstić information content (AvgIpc) is 2.74. The van der Waals surface area contributed by atoms with E-state index in [9.17, 15) is 0 Å². The van der Waals surface area contributed by atoms with Crippen LogP contribution in [-0.4, -0.2) is 40.2 Å². The predicted molar refractivity (Wildman–Crippen MR) is 65.5 cm³/mol. The summed E-state index contributed by atoms with van der Waals surface area (Å²) in [5.74, 6) is 0.590. The minimum atomic E-state index is 0.590. The van der Waals surface area contributed by atoms with Gasteiger partial charge in [0.15, 0.2) is 0 Å². The van der Waals surface area contributed by atoms with Crippen LogP contribution < -0.4 is 0 Å². The van der Waals surface area contributed by atoms with Crippen molar-refractivity contribution < 1.29 is 0 Å². The fourth-order valence-electron chi connectivity index (χ4n) is 2.79. The van der Waals surface area contributed by atoms with Crippen molar-refractivity contribution in [1.82, 2.24) is 40.2 Å². The molecule has 6 aromatic rings. The van der Waals surface area contributed by atoms with Gasteiger partial charge in [-0.05, 0) is 12.1 Å². The van der Waals surface area contributed by atoms with Crippen LogP contribution in [-0.2, 0) is 0 Å². The van der Waals surface area contributed by atoms with Crippen LogP contribution in [0, 0.1) is 0 Å². The third kappa shape index (κ3) is 0.677. The number of hydrogen-bond acceptors (Lipinski definition) is 7. The van der Waals surface area contributed by atoms with E-state index >= 15 is 0 Å². The van der Waals surface area contributed by atoms with E-state index in [0.717, 1.165) is 43.9 Å². The Morgan fingerprint density at radius 2 is 1.58 bits per heavy atom. The van der Waals surface area contributed by atoms with E-state index < -0.39 is 0 Å². The molecule has 19 heavy (non-hydrogen) atoms. The highest BCUT2D eigenvalue weighted by Gasteiger charge is 2.23. The van der Waals surface area contributed by atoms with E-state index in [1.807, 2.05) is 12.1 Å². The Labute approximate surface area is 103 Å². The summed E-state index contributed by atoms with van der Waals surface area (Å²) in [7, 11) is 0. The fraction of sp³-hybridized carbons (Fsp3) is 0. The van der Waals surface area contributed by atoms with E-state index in [-0.39, 0.29) is 0 Å².